The summed E-state index contributed by atoms with van der Waals surface area (Å²) in [5, 5.41) is 3.56. The minimum absolute atomic E-state index is 0. The van der Waals surface area contributed by atoms with E-state index < -0.39 is 0 Å². The molecule has 0 aliphatic carbocycles. The minimum Gasteiger partial charge on any atom is -0.699 e. The Morgan fingerprint density at radius 2 is 2.36 bits per heavy atom. The van der Waals surface area contributed by atoms with Gasteiger partial charge >= 0.3 is 0 Å². The maximum Gasteiger partial charge on any atom is 0.214 e. The molecule has 11 heavy (non-hydrogen) atoms. The van der Waals surface area contributed by atoms with Gasteiger partial charge < -0.3 is 5.73 Å². The van der Waals surface area contributed by atoms with Crippen molar-refractivity contribution in [3.05, 3.63) is 29.5 Å². The van der Waals surface area contributed by atoms with E-state index in [4.69, 9.17) is 7.15 Å². The Bertz CT molecular complexity index is 288. The molecule has 0 atom stereocenters. The molecule has 3 nitrogen and oxygen atoms in total. The van der Waals surface area contributed by atoms with Gasteiger partial charge in [-0.25, -0.2) is 5.52 Å². The zero-order valence-electron chi connectivity index (χ0n) is 7.03. The summed E-state index contributed by atoms with van der Waals surface area (Å²) < 4.78 is 6.50. The molecule has 0 fully saturated rings. The Morgan fingerprint density at radius 3 is 2.91 bits per heavy atom. The third-order valence-corrected chi connectivity index (χ3v) is 1.30. The molecule has 0 aromatic heterocycles. The molecule has 1 aromatic carbocycles. The Kier molecular flexibility index (Phi) is 3.24. The van der Waals surface area contributed by atoms with Crippen molar-refractivity contribution in [3.63, 3.8) is 0 Å². The van der Waals surface area contributed by atoms with Crippen LogP contribution in [0.15, 0.2) is 23.3 Å². The van der Waals surface area contributed by atoms with Crippen molar-refractivity contribution in [2.24, 2.45) is 5.11 Å². The van der Waals surface area contributed by atoms with Crippen molar-refractivity contribution in [1.29, 1.82) is 5.52 Å². The van der Waals surface area contributed by atoms with Crippen molar-refractivity contribution in [2.75, 3.05) is 0 Å². The number of benzene rings is 1. The number of nitrogens with zero attached hydrogens (tertiary/aromatic N) is 1. The van der Waals surface area contributed by atoms with Crippen LogP contribution in [0, 0.1) is 12.4 Å². The van der Waals surface area contributed by atoms with Crippen molar-refractivity contribution in [2.45, 2.75) is 6.92 Å². The maximum atomic E-state index is 7.25. The normalized spacial score (nSPS) is 10.8. The molecule has 0 unspecified atom stereocenters. The molecule has 0 aliphatic heterocycles. The molecule has 0 aliphatic rings. The van der Waals surface area contributed by atoms with Gasteiger partial charge in [0, 0.05) is 21.1 Å². The molecule has 0 amide bonds. The van der Waals surface area contributed by atoms with Crippen LogP contribution in [0.5, 0.6) is 0 Å². The molecule has 2 N–H and O–H groups in total. The Hall–Kier alpha value is -0.692. The van der Waals surface area contributed by atoms with Crippen LogP contribution in [0.1, 0.15) is 5.56 Å². The van der Waals surface area contributed by atoms with Crippen LogP contribution < -0.4 is 0 Å². The second-order valence-corrected chi connectivity index (χ2v) is 2.10. The average molecular weight is 319 g/mol. The molecule has 4 heteroatoms. The first-order valence-corrected chi connectivity index (χ1v) is 2.91. The monoisotopic (exact) mass is 319 g/mol. The summed E-state index contributed by atoms with van der Waals surface area (Å²) in [5.74, 6) is 0. The molecular formula is C7H8N3W-. The Morgan fingerprint density at radius 1 is 1.64 bits per heavy atom. The number of nitrogens with one attached hydrogen (secondary N) is 2. The number of hydrogen-bond acceptors (Lipinski definition) is 2. The Labute approximate surface area is 81.2 Å². The van der Waals surface area contributed by atoms with Crippen LogP contribution in [0.3, 0.4) is 0 Å². The summed E-state index contributed by atoms with van der Waals surface area (Å²) in [6.45, 7) is 1.84. The van der Waals surface area contributed by atoms with Gasteiger partial charge in [0.1, 0.15) is 0 Å². The Balaban J connectivity index is 0.00000121. The molecule has 0 spiro atoms. The number of rotatable bonds is 1. The summed E-state index contributed by atoms with van der Waals surface area (Å²) in [6, 6.07) is 4.98. The fourth-order valence-electron chi connectivity index (χ4n) is 0.768. The first-order chi connectivity index (χ1) is 5.24. The van der Waals surface area contributed by atoms with Gasteiger partial charge in [0.25, 0.3) is 0 Å². The van der Waals surface area contributed by atoms with E-state index in [0.717, 1.165) is 5.56 Å². The number of hydrogen-bond donors (Lipinski definition) is 1. The maximum absolute atomic E-state index is 7.25. The molecule has 0 heterocycles. The van der Waals surface area contributed by atoms with E-state index in [9.17, 15) is 0 Å². The van der Waals surface area contributed by atoms with E-state index >= 15 is 0 Å². The van der Waals surface area contributed by atoms with E-state index in [1.54, 1.807) is 18.2 Å². The number of aryl methyl sites for hydroxylation is 1. The fourth-order valence-corrected chi connectivity index (χ4v) is 0.768. The summed E-state index contributed by atoms with van der Waals surface area (Å²) in [5.41, 5.74) is 12.1. The van der Waals surface area contributed by atoms with Gasteiger partial charge in [-0.2, -0.15) is 5.11 Å². The summed E-state index contributed by atoms with van der Waals surface area (Å²) in [6.07, 6.45) is 0. The largest absolute Gasteiger partial charge is 0.699 e. The van der Waals surface area contributed by atoms with Crippen LogP contribution in [-0.4, -0.2) is 0 Å². The van der Waals surface area contributed by atoms with Crippen LogP contribution in [0.4, 0.5) is 11.4 Å². The van der Waals surface area contributed by atoms with E-state index in [1.807, 2.05) is 6.92 Å². The quantitative estimate of drug-likeness (QED) is 0.772. The second-order valence-electron chi connectivity index (χ2n) is 2.10. The first-order valence-electron chi connectivity index (χ1n) is 3.36. The second kappa shape index (κ2) is 4.24. The van der Waals surface area contributed by atoms with Crippen LogP contribution in [-0.2, 0) is 21.1 Å². The van der Waals surface area contributed by atoms with Gasteiger partial charge in [0.15, 0.2) is 0 Å². The molecule has 0 saturated carbocycles. The van der Waals surface area contributed by atoms with Crippen LogP contribution in [0.25, 0.3) is 5.73 Å². The van der Waals surface area contributed by atoms with Crippen molar-refractivity contribution < 1.29 is 22.5 Å². The molecule has 1 aromatic rings. The topological polar surface area (TPSA) is 60.0 Å². The predicted octanol–water partition coefficient (Wildman–Crippen LogP) is 3.34. The van der Waals surface area contributed by atoms with Crippen molar-refractivity contribution in [3.8, 4) is 0 Å². The van der Waals surface area contributed by atoms with Gasteiger partial charge in [0.2, 0.25) is 1.41 Å². The van der Waals surface area contributed by atoms with Gasteiger partial charge in [0.05, 0.1) is 5.69 Å². The van der Waals surface area contributed by atoms with E-state index in [0.29, 0.717) is 11.4 Å². The predicted molar refractivity (Wildman–Crippen MR) is 40.0 cm³/mol. The molecule has 58 valence electrons. The van der Waals surface area contributed by atoms with Crippen LogP contribution in [0.2, 0.25) is 1.41 Å². The fraction of sp³-hybridized carbons (Fsp3) is 0.143. The van der Waals surface area contributed by atoms with E-state index in [1.165, 1.54) is 0 Å². The third kappa shape index (κ3) is 2.43. The van der Waals surface area contributed by atoms with Crippen LogP contribution >= 0.6 is 0 Å². The zero-order chi connectivity index (χ0) is 8.27. The molecule has 0 radical (unpaired) electrons. The van der Waals surface area contributed by atoms with Crippen molar-refractivity contribution in [1.82, 2.24) is 0 Å². The smallest absolute Gasteiger partial charge is 0.214 e. The summed E-state index contributed by atoms with van der Waals surface area (Å²) in [7, 11) is 0. The van der Waals surface area contributed by atoms with Gasteiger partial charge in [-0.1, -0.05) is 12.1 Å². The van der Waals surface area contributed by atoms with Crippen molar-refractivity contribution >= 4 is 11.4 Å². The van der Waals surface area contributed by atoms with E-state index in [2.05, 4.69) is 10.6 Å². The summed E-state index contributed by atoms with van der Waals surface area (Å²) >= 11 is 0. The third-order valence-electron chi connectivity index (χ3n) is 1.30. The molecular weight excluding hydrogens is 310 g/mol. The van der Waals surface area contributed by atoms with Gasteiger partial charge in [-0.3, -0.25) is 0 Å². The SMILES string of the molecule is [2H]N=Nc1ccc([NH-])cc1C.[W]. The van der Waals surface area contributed by atoms with Gasteiger partial charge in [-0.05, 0) is 18.6 Å². The molecule has 0 saturated heterocycles. The van der Waals surface area contributed by atoms with Gasteiger partial charge in [-0.15, -0.1) is 5.69 Å². The molecule has 0 bridgehead atoms. The first kappa shape index (κ1) is 8.41. The standard InChI is InChI=1S/C7H8N3.W/c1-5-4-6(8)2-3-7(5)10-9;/h2-4,8-9H,1H3;/q-1;/i/hD. The molecule has 1 rings (SSSR count). The van der Waals surface area contributed by atoms with E-state index in [-0.39, 0.29) is 21.1 Å². The summed E-state index contributed by atoms with van der Waals surface area (Å²) in [4.78, 5) is 0. The average Bonchev–Trinajstić information content (AvgIpc) is 1.95. The minimum atomic E-state index is 0. The zero-order valence-corrected chi connectivity index (χ0v) is 8.97.